The van der Waals surface area contributed by atoms with E-state index in [0.717, 1.165) is 22.3 Å². The molecule has 0 saturated carbocycles. The van der Waals surface area contributed by atoms with Gasteiger partial charge in [-0.1, -0.05) is 54.6 Å². The lowest BCUT2D eigenvalue weighted by molar-refractivity contribution is -0.116. The zero-order chi connectivity index (χ0) is 19.5. The van der Waals surface area contributed by atoms with Gasteiger partial charge in [-0.15, -0.1) is 0 Å². The van der Waals surface area contributed by atoms with Crippen LogP contribution in [0, 0.1) is 0 Å². The summed E-state index contributed by atoms with van der Waals surface area (Å²) < 4.78 is 0. The van der Waals surface area contributed by atoms with Gasteiger partial charge < -0.3 is 15.3 Å². The Balaban J connectivity index is 2.15. The molecule has 3 N–H and O–H groups in total. The SMILES string of the molecule is C\C=C/C(=C\NCl)C(=C\C(=O)NCCc1cccc(O)c1)/c1ccccc1. The topological polar surface area (TPSA) is 61.4 Å². The first-order valence-electron chi connectivity index (χ1n) is 8.66. The van der Waals surface area contributed by atoms with Gasteiger partial charge in [0.25, 0.3) is 0 Å². The first kappa shape index (κ1) is 20.3. The van der Waals surface area contributed by atoms with E-state index >= 15 is 0 Å². The highest BCUT2D eigenvalue weighted by Gasteiger charge is 2.09. The van der Waals surface area contributed by atoms with E-state index < -0.39 is 0 Å². The van der Waals surface area contributed by atoms with Crippen LogP contribution < -0.4 is 10.2 Å². The fourth-order valence-electron chi connectivity index (χ4n) is 2.63. The lowest BCUT2D eigenvalue weighted by Gasteiger charge is -2.10. The molecule has 0 aromatic heterocycles. The average Bonchev–Trinajstić information content (AvgIpc) is 2.67. The van der Waals surface area contributed by atoms with Crippen LogP contribution in [0.1, 0.15) is 18.1 Å². The van der Waals surface area contributed by atoms with E-state index in [1.54, 1.807) is 30.5 Å². The van der Waals surface area contributed by atoms with Gasteiger partial charge in [-0.3, -0.25) is 4.79 Å². The predicted octanol–water partition coefficient (Wildman–Crippen LogP) is 4.34. The van der Waals surface area contributed by atoms with Crippen molar-refractivity contribution < 1.29 is 9.90 Å². The second-order valence-corrected chi connectivity index (χ2v) is 6.06. The molecule has 0 unspecified atom stereocenters. The third-order valence-electron chi connectivity index (χ3n) is 3.85. The summed E-state index contributed by atoms with van der Waals surface area (Å²) in [6.45, 7) is 2.37. The number of halogens is 1. The lowest BCUT2D eigenvalue weighted by atomic mass is 9.97. The van der Waals surface area contributed by atoms with Crippen molar-refractivity contribution in [3.05, 3.63) is 95.7 Å². The molecule has 0 spiro atoms. The zero-order valence-electron chi connectivity index (χ0n) is 15.2. The Morgan fingerprint density at radius 3 is 2.59 bits per heavy atom. The van der Waals surface area contributed by atoms with E-state index in [-0.39, 0.29) is 11.7 Å². The molecule has 0 aliphatic heterocycles. The molecule has 0 atom stereocenters. The van der Waals surface area contributed by atoms with Crippen molar-refractivity contribution >= 4 is 23.3 Å². The van der Waals surface area contributed by atoms with Gasteiger partial charge in [0.15, 0.2) is 0 Å². The number of hydrogen-bond acceptors (Lipinski definition) is 3. The maximum Gasteiger partial charge on any atom is 0.244 e. The minimum absolute atomic E-state index is 0.195. The molecule has 2 aromatic carbocycles. The Labute approximate surface area is 165 Å². The molecule has 1 amide bonds. The molecule has 140 valence electrons. The van der Waals surface area contributed by atoms with Crippen LogP contribution in [0.5, 0.6) is 5.75 Å². The Hall–Kier alpha value is -2.98. The number of phenolic OH excluding ortho intramolecular Hbond substituents is 1. The van der Waals surface area contributed by atoms with Crippen molar-refractivity contribution in [3.63, 3.8) is 0 Å². The number of amides is 1. The van der Waals surface area contributed by atoms with E-state index in [1.165, 1.54) is 0 Å². The number of rotatable bonds is 8. The van der Waals surface area contributed by atoms with E-state index in [1.807, 2.05) is 55.5 Å². The maximum atomic E-state index is 12.5. The molecular weight excluding hydrogens is 360 g/mol. The van der Waals surface area contributed by atoms with E-state index in [9.17, 15) is 9.90 Å². The van der Waals surface area contributed by atoms with Gasteiger partial charge in [0, 0.05) is 30.6 Å². The summed E-state index contributed by atoms with van der Waals surface area (Å²) in [5.41, 5.74) is 3.43. The maximum absolute atomic E-state index is 12.5. The molecule has 27 heavy (non-hydrogen) atoms. The van der Waals surface area contributed by atoms with Gasteiger partial charge in [-0.25, -0.2) is 0 Å². The number of aromatic hydroxyl groups is 1. The fourth-order valence-corrected chi connectivity index (χ4v) is 2.75. The smallest absolute Gasteiger partial charge is 0.244 e. The van der Waals surface area contributed by atoms with Gasteiger partial charge in [-0.05, 0) is 47.8 Å². The average molecular weight is 383 g/mol. The Morgan fingerprint density at radius 2 is 1.93 bits per heavy atom. The summed E-state index contributed by atoms with van der Waals surface area (Å²) in [4.78, 5) is 15.0. The Bertz CT molecular complexity index is 842. The zero-order valence-corrected chi connectivity index (χ0v) is 15.9. The van der Waals surface area contributed by atoms with Crippen LogP contribution in [-0.4, -0.2) is 17.6 Å². The van der Waals surface area contributed by atoms with E-state index in [4.69, 9.17) is 11.8 Å². The van der Waals surface area contributed by atoms with Crippen molar-refractivity contribution in [2.45, 2.75) is 13.3 Å². The number of nitrogens with one attached hydrogen (secondary N) is 2. The van der Waals surface area contributed by atoms with E-state index in [2.05, 4.69) is 10.2 Å². The predicted molar refractivity (Wildman–Crippen MR) is 111 cm³/mol. The van der Waals surface area contributed by atoms with Crippen LogP contribution in [0.3, 0.4) is 0 Å². The van der Waals surface area contributed by atoms with Crippen molar-refractivity contribution in [1.82, 2.24) is 10.2 Å². The van der Waals surface area contributed by atoms with Crippen molar-refractivity contribution in [2.24, 2.45) is 0 Å². The third-order valence-corrected chi connectivity index (χ3v) is 3.96. The monoisotopic (exact) mass is 382 g/mol. The molecule has 4 nitrogen and oxygen atoms in total. The quantitative estimate of drug-likeness (QED) is 0.361. The second-order valence-electron chi connectivity index (χ2n) is 5.84. The van der Waals surface area contributed by atoms with Crippen LogP contribution in [0.25, 0.3) is 5.57 Å². The number of allylic oxidation sites excluding steroid dienone is 4. The van der Waals surface area contributed by atoms with Gasteiger partial charge in [-0.2, -0.15) is 0 Å². The summed E-state index contributed by atoms with van der Waals surface area (Å²) in [5.74, 6) is 0.0266. The molecule has 0 aliphatic rings. The first-order chi connectivity index (χ1) is 13.1. The largest absolute Gasteiger partial charge is 0.508 e. The standard InChI is InChI=1S/C22H23ClN2O2/c1-2-7-19(16-25-23)21(18-9-4-3-5-10-18)15-22(27)24-13-12-17-8-6-11-20(26)14-17/h2-11,14-16,25-26H,12-13H2,1H3,(H,24,27)/b7-2-,19-16+,21-15-. The Morgan fingerprint density at radius 1 is 1.15 bits per heavy atom. The van der Waals surface area contributed by atoms with Crippen molar-refractivity contribution in [1.29, 1.82) is 0 Å². The molecule has 0 aliphatic carbocycles. The fraction of sp³-hybridized carbons (Fsp3) is 0.136. The minimum atomic E-state index is -0.195. The highest BCUT2D eigenvalue weighted by molar-refractivity contribution is 6.14. The van der Waals surface area contributed by atoms with Gasteiger partial charge in [0.1, 0.15) is 5.75 Å². The summed E-state index contributed by atoms with van der Waals surface area (Å²) in [6, 6.07) is 16.7. The van der Waals surface area contributed by atoms with Gasteiger partial charge in [0.05, 0.1) is 0 Å². The highest BCUT2D eigenvalue weighted by Crippen LogP contribution is 2.23. The van der Waals surface area contributed by atoms with Crippen molar-refractivity contribution in [2.75, 3.05) is 6.54 Å². The van der Waals surface area contributed by atoms with Crippen LogP contribution in [-0.2, 0) is 11.2 Å². The minimum Gasteiger partial charge on any atom is -0.508 e. The molecule has 5 heteroatoms. The van der Waals surface area contributed by atoms with E-state index in [0.29, 0.717) is 13.0 Å². The van der Waals surface area contributed by atoms with Gasteiger partial charge in [0.2, 0.25) is 5.91 Å². The molecule has 2 aromatic rings. The molecule has 0 radical (unpaired) electrons. The normalized spacial score (nSPS) is 12.2. The Kier molecular flexibility index (Phi) is 8.20. The first-order valence-corrected chi connectivity index (χ1v) is 9.04. The number of carbonyl (C=O) groups excluding carboxylic acids is 1. The summed E-state index contributed by atoms with van der Waals surface area (Å²) >= 11 is 5.66. The lowest BCUT2D eigenvalue weighted by Crippen LogP contribution is -2.24. The van der Waals surface area contributed by atoms with Gasteiger partial charge >= 0.3 is 0 Å². The molecular formula is C22H23ClN2O2. The molecule has 0 saturated heterocycles. The number of carbonyl (C=O) groups is 1. The summed E-state index contributed by atoms with van der Waals surface area (Å²) in [7, 11) is 0. The van der Waals surface area contributed by atoms with Crippen LogP contribution in [0.15, 0.2) is 84.6 Å². The van der Waals surface area contributed by atoms with Crippen LogP contribution in [0.2, 0.25) is 0 Å². The molecule has 0 heterocycles. The molecule has 0 bridgehead atoms. The number of benzene rings is 2. The number of phenols is 1. The third kappa shape index (κ3) is 6.68. The molecule has 0 fully saturated rings. The van der Waals surface area contributed by atoms with Crippen LogP contribution >= 0.6 is 11.8 Å². The number of hydrogen-bond donors (Lipinski definition) is 3. The van der Waals surface area contributed by atoms with Crippen molar-refractivity contribution in [3.8, 4) is 5.75 Å². The summed E-state index contributed by atoms with van der Waals surface area (Å²) in [5, 5.41) is 12.4. The summed E-state index contributed by atoms with van der Waals surface area (Å²) in [6.07, 6.45) is 7.61. The molecule has 2 rings (SSSR count). The second kappa shape index (κ2) is 10.9. The van der Waals surface area contributed by atoms with Crippen LogP contribution in [0.4, 0.5) is 0 Å². The highest BCUT2D eigenvalue weighted by atomic mass is 35.5.